The number of fused-ring (bicyclic) bond motifs is 1. The zero-order valence-electron chi connectivity index (χ0n) is 12.9. The van der Waals surface area contributed by atoms with E-state index >= 15 is 0 Å². The zero-order chi connectivity index (χ0) is 16.4. The summed E-state index contributed by atoms with van der Waals surface area (Å²) in [6.45, 7) is 0. The number of benzene rings is 3. The summed E-state index contributed by atoms with van der Waals surface area (Å²) in [6.07, 6.45) is 0. The minimum absolute atomic E-state index is 0. The predicted octanol–water partition coefficient (Wildman–Crippen LogP) is 3.70. The Bertz CT molecular complexity index is 1000. The molecule has 0 unspecified atom stereocenters. The molecule has 3 aromatic rings. The molecular formula is C16H13N3NaO3S. The summed E-state index contributed by atoms with van der Waals surface area (Å²) >= 11 is 0. The van der Waals surface area contributed by atoms with E-state index in [1.165, 1.54) is 24.3 Å². The van der Waals surface area contributed by atoms with E-state index in [-0.39, 0.29) is 34.5 Å². The number of hydrogen-bond donors (Lipinski definition) is 2. The molecule has 6 nitrogen and oxygen atoms in total. The van der Waals surface area contributed by atoms with Gasteiger partial charge >= 0.3 is 0 Å². The number of nitrogens with two attached hydrogens (primary N) is 1. The van der Waals surface area contributed by atoms with E-state index < -0.39 is 10.1 Å². The van der Waals surface area contributed by atoms with Crippen molar-refractivity contribution in [3.63, 3.8) is 0 Å². The molecule has 0 atom stereocenters. The Kier molecular flexibility index (Phi) is 5.74. The Hall–Kier alpha value is -1.77. The van der Waals surface area contributed by atoms with Crippen LogP contribution in [0.1, 0.15) is 0 Å². The summed E-state index contributed by atoms with van der Waals surface area (Å²) in [4.78, 5) is -0.186. The van der Waals surface area contributed by atoms with Crippen LogP contribution in [0.2, 0.25) is 0 Å². The molecule has 117 valence electrons. The maximum Gasteiger partial charge on any atom is 0.294 e. The van der Waals surface area contributed by atoms with Crippen molar-refractivity contribution in [2.24, 2.45) is 10.2 Å². The van der Waals surface area contributed by atoms with Crippen molar-refractivity contribution in [2.45, 2.75) is 4.90 Å². The first-order chi connectivity index (χ1) is 10.9. The molecule has 0 amide bonds. The van der Waals surface area contributed by atoms with Gasteiger partial charge in [-0.1, -0.05) is 24.3 Å². The van der Waals surface area contributed by atoms with Crippen LogP contribution >= 0.6 is 0 Å². The van der Waals surface area contributed by atoms with Crippen LogP contribution in [0.15, 0.2) is 75.8 Å². The second-order valence-corrected chi connectivity index (χ2v) is 6.31. The van der Waals surface area contributed by atoms with E-state index in [0.717, 1.165) is 10.8 Å². The van der Waals surface area contributed by atoms with Crippen LogP contribution in [0.25, 0.3) is 10.8 Å². The molecule has 0 saturated carbocycles. The minimum Gasteiger partial charge on any atom is -0.398 e. The van der Waals surface area contributed by atoms with Gasteiger partial charge in [-0.05, 0) is 36.4 Å². The summed E-state index contributed by atoms with van der Waals surface area (Å²) in [6, 6.07) is 16.6. The maximum atomic E-state index is 11.0. The third-order valence-electron chi connectivity index (χ3n) is 3.34. The number of nitrogens with zero attached hydrogens (tertiary/aromatic N) is 2. The first kappa shape index (κ1) is 18.6. The third-order valence-corrected chi connectivity index (χ3v) is 4.21. The van der Waals surface area contributed by atoms with Crippen LogP contribution in [0.3, 0.4) is 0 Å². The second-order valence-electron chi connectivity index (χ2n) is 4.89. The summed E-state index contributed by atoms with van der Waals surface area (Å²) in [7, 11) is -4.21. The summed E-state index contributed by atoms with van der Waals surface area (Å²) in [5.74, 6) is 0. The van der Waals surface area contributed by atoms with E-state index in [1.807, 2.05) is 24.3 Å². The van der Waals surface area contributed by atoms with Gasteiger partial charge in [-0.2, -0.15) is 13.5 Å². The SMILES string of the molecule is Nc1ccc(N=Nc2ccc(S(=O)(=O)O)cc2)c2ccccc12.[Na]. The van der Waals surface area contributed by atoms with Crippen molar-refractivity contribution in [1.82, 2.24) is 0 Å². The molecule has 24 heavy (non-hydrogen) atoms. The number of rotatable bonds is 3. The number of anilines is 1. The molecule has 3 aromatic carbocycles. The van der Waals surface area contributed by atoms with Crippen molar-refractivity contribution >= 4 is 67.5 Å². The fourth-order valence-corrected chi connectivity index (χ4v) is 2.67. The van der Waals surface area contributed by atoms with Gasteiger partial charge in [-0.3, -0.25) is 4.55 Å². The van der Waals surface area contributed by atoms with Crippen molar-refractivity contribution < 1.29 is 13.0 Å². The molecule has 0 aliphatic carbocycles. The minimum atomic E-state index is -4.21. The molecule has 0 aliphatic rings. The van der Waals surface area contributed by atoms with Gasteiger partial charge in [-0.25, -0.2) is 0 Å². The smallest absolute Gasteiger partial charge is 0.294 e. The average Bonchev–Trinajstić information content (AvgIpc) is 2.54. The second kappa shape index (κ2) is 7.42. The van der Waals surface area contributed by atoms with Gasteiger partial charge in [0.1, 0.15) is 0 Å². The van der Waals surface area contributed by atoms with Crippen molar-refractivity contribution in [3.05, 3.63) is 60.7 Å². The molecular weight excluding hydrogens is 337 g/mol. The van der Waals surface area contributed by atoms with Crippen LogP contribution in [0, 0.1) is 0 Å². The first-order valence-electron chi connectivity index (χ1n) is 6.72. The van der Waals surface area contributed by atoms with Gasteiger partial charge in [0.15, 0.2) is 0 Å². The average molecular weight is 350 g/mol. The van der Waals surface area contributed by atoms with Gasteiger partial charge in [0.25, 0.3) is 10.1 Å². The quantitative estimate of drug-likeness (QED) is 0.325. The molecule has 0 fully saturated rings. The Morgan fingerprint density at radius 1 is 0.833 bits per heavy atom. The predicted molar refractivity (Wildman–Crippen MR) is 94.5 cm³/mol. The molecule has 0 spiro atoms. The topological polar surface area (TPSA) is 105 Å². The largest absolute Gasteiger partial charge is 0.398 e. The zero-order valence-corrected chi connectivity index (χ0v) is 15.7. The molecule has 0 aromatic heterocycles. The van der Waals surface area contributed by atoms with Crippen molar-refractivity contribution in [2.75, 3.05) is 5.73 Å². The fourth-order valence-electron chi connectivity index (χ4n) is 2.19. The fraction of sp³-hybridized carbons (Fsp3) is 0. The summed E-state index contributed by atoms with van der Waals surface area (Å²) in [5, 5.41) is 10.1. The van der Waals surface area contributed by atoms with Crippen LogP contribution in [0.5, 0.6) is 0 Å². The molecule has 0 aliphatic heterocycles. The molecule has 8 heteroatoms. The number of azo groups is 1. The Labute approximate surface area is 161 Å². The molecule has 0 bridgehead atoms. The molecule has 0 heterocycles. The van der Waals surface area contributed by atoms with Crippen LogP contribution in [0.4, 0.5) is 17.1 Å². The van der Waals surface area contributed by atoms with Crippen LogP contribution < -0.4 is 5.73 Å². The summed E-state index contributed by atoms with van der Waals surface area (Å²) in [5.41, 5.74) is 7.73. The molecule has 3 N–H and O–H groups in total. The summed E-state index contributed by atoms with van der Waals surface area (Å²) < 4.78 is 30.9. The number of hydrogen-bond acceptors (Lipinski definition) is 5. The van der Waals surface area contributed by atoms with Gasteiger partial charge in [-0.15, -0.1) is 5.11 Å². The normalized spacial score (nSPS) is 11.5. The van der Waals surface area contributed by atoms with Gasteiger partial charge in [0.2, 0.25) is 0 Å². The van der Waals surface area contributed by atoms with Gasteiger partial charge in [0, 0.05) is 46.0 Å². The van der Waals surface area contributed by atoms with E-state index in [2.05, 4.69) is 10.2 Å². The van der Waals surface area contributed by atoms with E-state index in [0.29, 0.717) is 17.1 Å². The van der Waals surface area contributed by atoms with Crippen LogP contribution in [-0.4, -0.2) is 42.5 Å². The van der Waals surface area contributed by atoms with Gasteiger partial charge < -0.3 is 5.73 Å². The Morgan fingerprint density at radius 2 is 1.46 bits per heavy atom. The van der Waals surface area contributed by atoms with E-state index in [4.69, 9.17) is 10.3 Å². The van der Waals surface area contributed by atoms with Crippen molar-refractivity contribution in [3.8, 4) is 0 Å². The monoisotopic (exact) mass is 350 g/mol. The van der Waals surface area contributed by atoms with Crippen LogP contribution in [-0.2, 0) is 10.1 Å². The Morgan fingerprint density at radius 3 is 2.08 bits per heavy atom. The van der Waals surface area contributed by atoms with E-state index in [9.17, 15) is 8.42 Å². The number of nitrogen functional groups attached to an aromatic ring is 1. The standard InChI is InChI=1S/C16H13N3O3S.Na/c17-15-9-10-16(14-4-2-1-3-13(14)15)19-18-11-5-7-12(8-6-11)23(20,21)22;/h1-10H,17H2,(H,20,21,22);. The first-order valence-corrected chi connectivity index (χ1v) is 8.16. The third kappa shape index (κ3) is 4.00. The molecule has 3 rings (SSSR count). The van der Waals surface area contributed by atoms with Crippen molar-refractivity contribution in [1.29, 1.82) is 0 Å². The van der Waals surface area contributed by atoms with Gasteiger partial charge in [0.05, 0.1) is 16.3 Å². The van der Waals surface area contributed by atoms with E-state index in [1.54, 1.807) is 12.1 Å². The molecule has 1 radical (unpaired) electrons. The molecule has 0 saturated heterocycles. The maximum absolute atomic E-state index is 11.0. The Balaban J connectivity index is 0.00000208.